The minimum atomic E-state index is -0.202. The number of nitrogens with zero attached hydrogens (tertiary/aromatic N) is 1. The number of rotatable bonds is 5. The number of allylic oxidation sites excluding steroid dienone is 1. The van der Waals surface area contributed by atoms with Crippen molar-refractivity contribution >= 4 is 17.2 Å². The van der Waals surface area contributed by atoms with Gasteiger partial charge in [0.25, 0.3) is 0 Å². The van der Waals surface area contributed by atoms with Crippen LogP contribution >= 0.6 is 0 Å². The first-order valence-corrected chi connectivity index (χ1v) is 9.86. The molecule has 146 valence electrons. The highest BCUT2D eigenvalue weighted by molar-refractivity contribution is 6.10. The molecule has 4 rings (SSSR count). The van der Waals surface area contributed by atoms with Gasteiger partial charge in [0, 0.05) is 5.69 Å². The molecule has 1 fully saturated rings. The first-order chi connectivity index (χ1) is 14.1. The van der Waals surface area contributed by atoms with Crippen LogP contribution in [-0.2, 0) is 4.79 Å². The maximum absolute atomic E-state index is 13.5. The summed E-state index contributed by atoms with van der Waals surface area (Å²) in [4.78, 5) is 15.4. The van der Waals surface area contributed by atoms with Crippen LogP contribution in [-0.4, -0.2) is 13.0 Å². The number of carbonyl (C=O) groups excluding carboxylic acids is 1. The Hall–Kier alpha value is -3.33. The monoisotopic (exact) mass is 383 g/mol. The number of methoxy groups -OCH3 is 1. The second kappa shape index (κ2) is 7.96. The number of hydrogen-bond acceptors (Lipinski definition) is 2. The molecule has 0 N–H and O–H groups in total. The van der Waals surface area contributed by atoms with Crippen LogP contribution in [0.5, 0.6) is 5.75 Å². The van der Waals surface area contributed by atoms with Crippen LogP contribution in [0, 0.1) is 5.92 Å². The van der Waals surface area contributed by atoms with Crippen LogP contribution in [0.25, 0.3) is 5.57 Å². The average molecular weight is 383 g/mol. The molecule has 1 heterocycles. The summed E-state index contributed by atoms with van der Waals surface area (Å²) < 4.78 is 5.28. The van der Waals surface area contributed by atoms with Gasteiger partial charge in [0.15, 0.2) is 0 Å². The molecule has 1 aliphatic heterocycles. The van der Waals surface area contributed by atoms with E-state index in [0.717, 1.165) is 28.1 Å². The molecule has 1 saturated heterocycles. The van der Waals surface area contributed by atoms with Crippen LogP contribution in [0.4, 0.5) is 5.69 Å². The van der Waals surface area contributed by atoms with Gasteiger partial charge in [-0.3, -0.25) is 4.79 Å². The molecular formula is C26H25NO2. The predicted octanol–water partition coefficient (Wildman–Crippen LogP) is 5.89. The van der Waals surface area contributed by atoms with Gasteiger partial charge in [-0.05, 0) is 54.8 Å². The van der Waals surface area contributed by atoms with E-state index in [2.05, 4.69) is 38.1 Å². The van der Waals surface area contributed by atoms with E-state index in [9.17, 15) is 4.79 Å². The molecule has 3 aromatic rings. The third-order valence-electron chi connectivity index (χ3n) is 5.52. The number of anilines is 1. The standard InChI is InChI=1S/C26H25NO2/c1-18(2)23(19-10-6-4-7-11-19)24-25(20-12-8-5-9-13-20)27(26(24)28)21-14-16-22(29-3)17-15-21/h4-17,24-25H,1-3H3/t24-,25-/m1/s1. The highest BCUT2D eigenvalue weighted by atomic mass is 16.5. The molecule has 1 aliphatic rings. The zero-order valence-electron chi connectivity index (χ0n) is 17.0. The van der Waals surface area contributed by atoms with Crippen LogP contribution in [0.2, 0.25) is 0 Å². The molecule has 0 aromatic heterocycles. The summed E-state index contributed by atoms with van der Waals surface area (Å²) in [5.74, 6) is 0.708. The van der Waals surface area contributed by atoms with Crippen molar-refractivity contribution in [2.45, 2.75) is 19.9 Å². The topological polar surface area (TPSA) is 29.5 Å². The van der Waals surface area contributed by atoms with Gasteiger partial charge in [-0.2, -0.15) is 0 Å². The van der Waals surface area contributed by atoms with Crippen LogP contribution in [0.15, 0.2) is 90.5 Å². The van der Waals surface area contributed by atoms with Crippen molar-refractivity contribution in [3.8, 4) is 5.75 Å². The van der Waals surface area contributed by atoms with Gasteiger partial charge in [-0.15, -0.1) is 0 Å². The number of hydrogen-bond donors (Lipinski definition) is 0. The lowest BCUT2D eigenvalue weighted by molar-refractivity contribution is -0.127. The maximum Gasteiger partial charge on any atom is 0.237 e. The molecule has 0 saturated carbocycles. The summed E-state index contributed by atoms with van der Waals surface area (Å²) in [6, 6.07) is 28.2. The SMILES string of the molecule is COc1ccc(N2C(=O)[C@H](C(=C(C)C)c3ccccc3)[C@H]2c2ccccc2)cc1. The van der Waals surface area contributed by atoms with Gasteiger partial charge >= 0.3 is 0 Å². The van der Waals surface area contributed by atoms with Crippen LogP contribution in [0.3, 0.4) is 0 Å². The van der Waals surface area contributed by atoms with Crippen molar-refractivity contribution in [3.63, 3.8) is 0 Å². The Balaban J connectivity index is 1.79. The third-order valence-corrected chi connectivity index (χ3v) is 5.52. The molecule has 0 spiro atoms. The molecule has 0 radical (unpaired) electrons. The molecular weight excluding hydrogens is 358 g/mol. The van der Waals surface area contributed by atoms with E-state index in [0.29, 0.717) is 0 Å². The Kier molecular flexibility index (Phi) is 5.22. The Morgan fingerprint density at radius 1 is 0.828 bits per heavy atom. The molecule has 2 atom stereocenters. The number of carbonyl (C=O) groups is 1. The number of ether oxygens (including phenoxy) is 1. The lowest BCUT2D eigenvalue weighted by Crippen LogP contribution is -2.55. The summed E-state index contributed by atoms with van der Waals surface area (Å²) in [7, 11) is 1.65. The quantitative estimate of drug-likeness (QED) is 0.514. The van der Waals surface area contributed by atoms with Gasteiger partial charge in [-0.25, -0.2) is 0 Å². The molecule has 0 unspecified atom stereocenters. The van der Waals surface area contributed by atoms with E-state index in [1.165, 1.54) is 5.57 Å². The minimum Gasteiger partial charge on any atom is -0.497 e. The van der Waals surface area contributed by atoms with E-state index in [1.807, 2.05) is 65.6 Å². The van der Waals surface area contributed by atoms with Crippen LogP contribution < -0.4 is 9.64 Å². The summed E-state index contributed by atoms with van der Waals surface area (Å²) in [6.07, 6.45) is 0. The minimum absolute atomic E-state index is 0.0396. The Bertz CT molecular complexity index is 1020. The molecule has 3 aromatic carbocycles. The second-order valence-electron chi connectivity index (χ2n) is 7.52. The fourth-order valence-electron chi connectivity index (χ4n) is 4.19. The van der Waals surface area contributed by atoms with E-state index in [1.54, 1.807) is 7.11 Å². The molecule has 3 heteroatoms. The normalized spacial score (nSPS) is 18.2. The van der Waals surface area contributed by atoms with Crippen molar-refractivity contribution in [2.75, 3.05) is 12.0 Å². The first-order valence-electron chi connectivity index (χ1n) is 9.86. The zero-order chi connectivity index (χ0) is 20.4. The zero-order valence-corrected chi connectivity index (χ0v) is 17.0. The van der Waals surface area contributed by atoms with E-state index in [-0.39, 0.29) is 17.9 Å². The lowest BCUT2D eigenvalue weighted by atomic mass is 9.73. The summed E-state index contributed by atoms with van der Waals surface area (Å²) in [6.45, 7) is 4.18. The van der Waals surface area contributed by atoms with Crippen molar-refractivity contribution in [3.05, 3.63) is 102 Å². The van der Waals surface area contributed by atoms with Crippen molar-refractivity contribution < 1.29 is 9.53 Å². The Labute approximate surface area is 172 Å². The predicted molar refractivity (Wildman–Crippen MR) is 118 cm³/mol. The van der Waals surface area contributed by atoms with Gasteiger partial charge in [-0.1, -0.05) is 66.2 Å². The summed E-state index contributed by atoms with van der Waals surface area (Å²) in [5.41, 5.74) is 5.44. The van der Waals surface area contributed by atoms with Gasteiger partial charge < -0.3 is 9.64 Å². The van der Waals surface area contributed by atoms with E-state index >= 15 is 0 Å². The number of β-lactam (4-membered cyclic amide) rings is 1. The van der Waals surface area contributed by atoms with Crippen LogP contribution in [0.1, 0.15) is 31.0 Å². The highest BCUT2D eigenvalue weighted by Crippen LogP contribution is 2.50. The summed E-state index contributed by atoms with van der Waals surface area (Å²) >= 11 is 0. The lowest BCUT2D eigenvalue weighted by Gasteiger charge is -2.49. The fraction of sp³-hybridized carbons (Fsp3) is 0.192. The third kappa shape index (κ3) is 3.44. The van der Waals surface area contributed by atoms with Crippen molar-refractivity contribution in [1.82, 2.24) is 0 Å². The Morgan fingerprint density at radius 3 is 1.97 bits per heavy atom. The molecule has 0 bridgehead atoms. The first kappa shape index (κ1) is 19.0. The molecule has 29 heavy (non-hydrogen) atoms. The second-order valence-corrected chi connectivity index (χ2v) is 7.52. The molecule has 0 aliphatic carbocycles. The number of benzene rings is 3. The maximum atomic E-state index is 13.5. The van der Waals surface area contributed by atoms with Crippen molar-refractivity contribution in [2.24, 2.45) is 5.92 Å². The smallest absolute Gasteiger partial charge is 0.237 e. The molecule has 1 amide bonds. The van der Waals surface area contributed by atoms with Gasteiger partial charge in [0.1, 0.15) is 5.75 Å². The van der Waals surface area contributed by atoms with E-state index < -0.39 is 0 Å². The fourth-order valence-corrected chi connectivity index (χ4v) is 4.19. The number of amides is 1. The highest BCUT2D eigenvalue weighted by Gasteiger charge is 2.50. The van der Waals surface area contributed by atoms with E-state index in [4.69, 9.17) is 4.74 Å². The van der Waals surface area contributed by atoms with Gasteiger partial charge in [0.05, 0.1) is 19.1 Å². The van der Waals surface area contributed by atoms with Gasteiger partial charge in [0.2, 0.25) is 5.91 Å². The summed E-state index contributed by atoms with van der Waals surface area (Å²) in [5, 5.41) is 0. The van der Waals surface area contributed by atoms with Crippen molar-refractivity contribution in [1.29, 1.82) is 0 Å². The average Bonchev–Trinajstić information content (AvgIpc) is 2.76. The molecule has 3 nitrogen and oxygen atoms in total. The largest absolute Gasteiger partial charge is 0.497 e. The Morgan fingerprint density at radius 2 is 1.41 bits per heavy atom.